The summed E-state index contributed by atoms with van der Waals surface area (Å²) in [5.41, 5.74) is 0. The zero-order valence-corrected chi connectivity index (χ0v) is 31.2. The van der Waals surface area contributed by atoms with Crippen LogP contribution >= 0.6 is 7.82 Å². The number of phosphoric ester groups is 1. The van der Waals surface area contributed by atoms with Crippen molar-refractivity contribution < 1.29 is 32.9 Å². The van der Waals surface area contributed by atoms with Crippen LogP contribution in [-0.4, -0.2) is 73.4 Å². The molecule has 3 atom stereocenters. The van der Waals surface area contributed by atoms with Crippen LogP contribution in [0.5, 0.6) is 0 Å². The second kappa shape index (κ2) is 29.8. The summed E-state index contributed by atoms with van der Waals surface area (Å²) in [6.45, 7) is 4.69. The number of hydrogen-bond donors (Lipinski definition) is 3. The number of likely N-dealkylation sites (N-methyl/N-ethyl adjacent to an activating group) is 1. The highest BCUT2D eigenvalue weighted by molar-refractivity contribution is 7.47. The zero-order chi connectivity index (χ0) is 34.4. The van der Waals surface area contributed by atoms with Crippen molar-refractivity contribution in [2.45, 2.75) is 154 Å². The van der Waals surface area contributed by atoms with E-state index in [4.69, 9.17) is 9.05 Å². The number of amides is 1. The highest BCUT2D eigenvalue weighted by Crippen LogP contribution is 2.43. The molecule has 0 radical (unpaired) electrons. The van der Waals surface area contributed by atoms with Gasteiger partial charge in [-0.05, 0) is 44.9 Å². The van der Waals surface area contributed by atoms with E-state index >= 15 is 0 Å². The van der Waals surface area contributed by atoms with Crippen molar-refractivity contribution in [2.75, 3.05) is 40.9 Å². The molecule has 0 heterocycles. The predicted octanol–water partition coefficient (Wildman–Crippen LogP) is 9.18. The molecule has 0 aromatic rings. The molecule has 0 saturated carbocycles. The van der Waals surface area contributed by atoms with Gasteiger partial charge in [0.15, 0.2) is 0 Å². The molecule has 8 nitrogen and oxygen atoms in total. The monoisotopic (exact) mass is 672 g/mol. The van der Waals surface area contributed by atoms with Gasteiger partial charge in [0, 0.05) is 6.42 Å². The van der Waals surface area contributed by atoms with Crippen molar-refractivity contribution in [3.05, 3.63) is 36.5 Å². The van der Waals surface area contributed by atoms with E-state index in [2.05, 4.69) is 43.5 Å². The van der Waals surface area contributed by atoms with E-state index in [0.717, 1.165) is 70.6 Å². The van der Waals surface area contributed by atoms with E-state index in [9.17, 15) is 19.4 Å². The molecule has 0 rings (SSSR count). The molecule has 0 bridgehead atoms. The molecule has 0 aliphatic rings. The fourth-order valence-corrected chi connectivity index (χ4v) is 5.58. The highest BCUT2D eigenvalue weighted by Gasteiger charge is 2.27. The van der Waals surface area contributed by atoms with Crippen LogP contribution in [0.3, 0.4) is 0 Å². The molecule has 46 heavy (non-hydrogen) atoms. The number of carbonyl (C=O) groups is 1. The second-order valence-corrected chi connectivity index (χ2v) is 15.0. The third-order valence-corrected chi connectivity index (χ3v) is 8.82. The van der Waals surface area contributed by atoms with Gasteiger partial charge in [0.25, 0.3) is 0 Å². The number of nitrogens with one attached hydrogen (secondary N) is 1. The number of hydrogen-bond acceptors (Lipinski definition) is 5. The first kappa shape index (κ1) is 44.7. The van der Waals surface area contributed by atoms with Gasteiger partial charge in [-0.15, -0.1) is 0 Å². The van der Waals surface area contributed by atoms with Crippen LogP contribution in [0.15, 0.2) is 36.5 Å². The van der Waals surface area contributed by atoms with Crippen LogP contribution in [0.4, 0.5) is 0 Å². The molecule has 270 valence electrons. The minimum atomic E-state index is -4.33. The first-order valence-corrected chi connectivity index (χ1v) is 19.9. The first-order chi connectivity index (χ1) is 22.0. The molecular weight excluding hydrogens is 599 g/mol. The summed E-state index contributed by atoms with van der Waals surface area (Å²) in [6.07, 6.45) is 33.4. The fourth-order valence-electron chi connectivity index (χ4n) is 4.84. The molecule has 3 N–H and O–H groups in total. The Morgan fingerprint density at radius 2 is 1.28 bits per heavy atom. The summed E-state index contributed by atoms with van der Waals surface area (Å²) < 4.78 is 23.4. The Hall–Kier alpha value is -1.28. The number of nitrogens with zero attached hydrogens (tertiary/aromatic N) is 1. The minimum absolute atomic E-state index is 0.0577. The van der Waals surface area contributed by atoms with Crippen LogP contribution in [-0.2, 0) is 18.4 Å². The van der Waals surface area contributed by atoms with Crippen molar-refractivity contribution >= 4 is 13.7 Å². The van der Waals surface area contributed by atoms with E-state index < -0.39 is 20.0 Å². The van der Waals surface area contributed by atoms with Gasteiger partial charge in [-0.1, -0.05) is 127 Å². The number of rotatable bonds is 32. The fraction of sp³-hybridized carbons (Fsp3) is 0.811. The maximum absolute atomic E-state index is 12.7. The largest absolute Gasteiger partial charge is 0.472 e. The van der Waals surface area contributed by atoms with Gasteiger partial charge in [0.05, 0.1) is 39.9 Å². The molecule has 0 aromatic carbocycles. The molecule has 0 saturated heterocycles. The predicted molar refractivity (Wildman–Crippen MR) is 194 cm³/mol. The van der Waals surface area contributed by atoms with Crippen molar-refractivity contribution in [2.24, 2.45) is 0 Å². The van der Waals surface area contributed by atoms with Crippen LogP contribution < -0.4 is 5.32 Å². The smallest absolute Gasteiger partial charge is 0.387 e. The van der Waals surface area contributed by atoms with Gasteiger partial charge in [0.2, 0.25) is 5.91 Å². The maximum atomic E-state index is 12.7. The normalized spacial score (nSPS) is 15.2. The van der Waals surface area contributed by atoms with Gasteiger partial charge in [0.1, 0.15) is 13.2 Å². The summed E-state index contributed by atoms with van der Waals surface area (Å²) in [5.74, 6) is -0.197. The highest BCUT2D eigenvalue weighted by atomic mass is 31.2. The zero-order valence-electron chi connectivity index (χ0n) is 30.3. The van der Waals surface area contributed by atoms with E-state index in [1.54, 1.807) is 6.08 Å². The lowest BCUT2D eigenvalue weighted by molar-refractivity contribution is -0.870. The summed E-state index contributed by atoms with van der Waals surface area (Å²) in [7, 11) is 1.55. The molecule has 0 aromatic heterocycles. The molecule has 9 heteroatoms. The van der Waals surface area contributed by atoms with Gasteiger partial charge in [-0.2, -0.15) is 0 Å². The summed E-state index contributed by atoms with van der Waals surface area (Å²) >= 11 is 0. The Bertz CT molecular complexity index is 855. The Labute approximate surface area is 283 Å². The van der Waals surface area contributed by atoms with Crippen LogP contribution in [0.25, 0.3) is 0 Å². The number of allylic oxidation sites excluding steroid dienone is 5. The Morgan fingerprint density at radius 1 is 0.739 bits per heavy atom. The van der Waals surface area contributed by atoms with Crippen molar-refractivity contribution in [1.29, 1.82) is 0 Å². The topological polar surface area (TPSA) is 105 Å². The molecule has 0 aliphatic carbocycles. The third-order valence-electron chi connectivity index (χ3n) is 7.84. The first-order valence-electron chi connectivity index (χ1n) is 18.4. The lowest BCUT2D eigenvalue weighted by Crippen LogP contribution is -2.45. The maximum Gasteiger partial charge on any atom is 0.472 e. The summed E-state index contributed by atoms with van der Waals surface area (Å²) in [6, 6.07) is -0.849. The van der Waals surface area contributed by atoms with Crippen molar-refractivity contribution in [3.8, 4) is 0 Å². The SMILES string of the molecule is CCC/C=C\C/C=C\CCCCCCCC(=O)NC(COP(=O)(O)OCC[N+](C)(C)C)C(O)/C=C/CCCCCCCCCCC. The third kappa shape index (κ3) is 31.3. The number of phosphoric acid groups is 1. The van der Waals surface area contributed by atoms with Crippen LogP contribution in [0.1, 0.15) is 142 Å². The summed E-state index contributed by atoms with van der Waals surface area (Å²) in [5, 5.41) is 13.7. The molecule has 3 unspecified atom stereocenters. The molecule has 1 amide bonds. The minimum Gasteiger partial charge on any atom is -0.387 e. The van der Waals surface area contributed by atoms with E-state index in [1.807, 2.05) is 27.2 Å². The van der Waals surface area contributed by atoms with Crippen molar-refractivity contribution in [3.63, 3.8) is 0 Å². The van der Waals surface area contributed by atoms with E-state index in [0.29, 0.717) is 17.4 Å². The van der Waals surface area contributed by atoms with Crippen LogP contribution in [0.2, 0.25) is 0 Å². The molecule has 0 fully saturated rings. The van der Waals surface area contributed by atoms with Gasteiger partial charge >= 0.3 is 7.82 Å². The Balaban J connectivity index is 4.60. The standard InChI is InChI=1S/C37H71N2O6P/c1-6-8-10-12-14-16-18-19-21-23-25-27-29-31-37(41)38-35(34-45-46(42,43)44-33-32-39(3,4)5)36(40)30-28-26-24-22-20-17-15-13-11-9-7-2/h10,12,16,18,28,30,35-36,40H,6-9,11,13-15,17,19-27,29,31-34H2,1-5H3,(H-,38,41,42,43)/p+1/b12-10-,18-16-,30-28+. The van der Waals surface area contributed by atoms with Gasteiger partial charge < -0.3 is 19.8 Å². The van der Waals surface area contributed by atoms with Crippen LogP contribution in [0, 0.1) is 0 Å². The van der Waals surface area contributed by atoms with Gasteiger partial charge in [-0.25, -0.2) is 4.57 Å². The molecule has 0 spiro atoms. The van der Waals surface area contributed by atoms with E-state index in [-0.39, 0.29) is 19.1 Å². The Morgan fingerprint density at radius 3 is 1.87 bits per heavy atom. The number of carbonyl (C=O) groups excluding carboxylic acids is 1. The number of unbranched alkanes of at least 4 members (excludes halogenated alkanes) is 15. The number of aliphatic hydroxyl groups excluding tert-OH is 1. The average Bonchev–Trinajstić information content (AvgIpc) is 2.99. The lowest BCUT2D eigenvalue weighted by atomic mass is 10.1. The summed E-state index contributed by atoms with van der Waals surface area (Å²) in [4.78, 5) is 22.9. The number of aliphatic hydroxyl groups is 1. The van der Waals surface area contributed by atoms with Crippen molar-refractivity contribution in [1.82, 2.24) is 5.32 Å². The van der Waals surface area contributed by atoms with Gasteiger partial charge in [-0.3, -0.25) is 13.8 Å². The average molecular weight is 672 g/mol. The Kier molecular flexibility index (Phi) is 29.0. The number of quaternary nitrogens is 1. The molecular formula is C37H72N2O6P+. The van der Waals surface area contributed by atoms with E-state index in [1.165, 1.54) is 51.4 Å². The lowest BCUT2D eigenvalue weighted by Gasteiger charge is -2.25. The molecule has 0 aliphatic heterocycles. The second-order valence-electron chi connectivity index (χ2n) is 13.6. The quantitative estimate of drug-likeness (QED) is 0.0285.